The van der Waals surface area contributed by atoms with Crippen LogP contribution in [0.4, 0.5) is 0 Å². The summed E-state index contributed by atoms with van der Waals surface area (Å²) in [6.07, 6.45) is -0.0354. The lowest BCUT2D eigenvalue weighted by Gasteiger charge is -2.30. The average Bonchev–Trinajstić information content (AvgIpc) is 2.54. The zero-order valence-corrected chi connectivity index (χ0v) is 13.6. The van der Waals surface area contributed by atoms with Gasteiger partial charge in [-0.1, -0.05) is 42.5 Å². The van der Waals surface area contributed by atoms with Crippen LogP contribution in [-0.4, -0.2) is 41.2 Å². The molecule has 1 unspecified atom stereocenters. The third kappa shape index (κ3) is 3.55. The van der Waals surface area contributed by atoms with Gasteiger partial charge in [-0.2, -0.15) is 0 Å². The van der Waals surface area contributed by atoms with E-state index in [0.717, 1.165) is 0 Å². The molecule has 0 spiro atoms. The number of aliphatic carboxylic acids is 1. The number of nitrogens with one attached hydrogen (secondary N) is 1. The number of phenols is 1. The number of aromatic hydroxyl groups is 1. The molecule has 2 aromatic rings. The molecule has 0 saturated heterocycles. The number of carboxylic acid groups (broad SMARTS) is 1. The van der Waals surface area contributed by atoms with Crippen molar-refractivity contribution in [3.05, 3.63) is 65.7 Å². The average molecular weight is 328 g/mol. The fourth-order valence-corrected chi connectivity index (χ4v) is 2.55. The smallest absolute Gasteiger partial charge is 0.324 e. The maximum Gasteiger partial charge on any atom is 0.324 e. The first-order chi connectivity index (χ1) is 11.4. The number of phenolic OH excluding ortho intramolecular Hbond substituents is 1. The molecule has 0 fully saturated rings. The number of carboxylic acids is 1. The van der Waals surface area contributed by atoms with Crippen LogP contribution in [0.5, 0.6) is 5.75 Å². The van der Waals surface area contributed by atoms with Crippen molar-refractivity contribution in [1.29, 1.82) is 0 Å². The van der Waals surface area contributed by atoms with Crippen LogP contribution in [0.3, 0.4) is 0 Å². The Hall–Kier alpha value is -2.86. The molecule has 0 heterocycles. The Morgan fingerprint density at radius 1 is 1.04 bits per heavy atom. The van der Waals surface area contributed by atoms with E-state index in [2.05, 4.69) is 5.43 Å². The van der Waals surface area contributed by atoms with Crippen molar-refractivity contribution >= 4 is 11.9 Å². The van der Waals surface area contributed by atoms with Gasteiger partial charge < -0.3 is 10.2 Å². The summed E-state index contributed by atoms with van der Waals surface area (Å²) in [6, 6.07) is 14.6. The van der Waals surface area contributed by atoms with Crippen molar-refractivity contribution in [2.75, 3.05) is 14.1 Å². The molecule has 0 aliphatic rings. The van der Waals surface area contributed by atoms with E-state index in [4.69, 9.17) is 0 Å². The quantitative estimate of drug-likeness (QED) is 0.553. The lowest BCUT2D eigenvalue weighted by atomic mass is 9.74. The van der Waals surface area contributed by atoms with E-state index in [1.807, 2.05) is 0 Å². The standard InChI is InChI=1S/C18H20N2O4/c1-20(2)19-16(22)18(17(23)24,14-6-4-3-5-7-14)12-13-8-10-15(21)11-9-13/h3-11,21H,12H2,1-2H3,(H,19,22)(H,23,24). The molecule has 0 saturated carbocycles. The first-order valence-corrected chi connectivity index (χ1v) is 7.41. The number of amides is 1. The summed E-state index contributed by atoms with van der Waals surface area (Å²) in [5.41, 5.74) is 1.81. The normalized spacial score (nSPS) is 13.3. The number of hydrogen-bond donors (Lipinski definition) is 3. The van der Waals surface area contributed by atoms with Crippen molar-refractivity contribution in [3.63, 3.8) is 0 Å². The minimum Gasteiger partial charge on any atom is -0.508 e. The number of hydrogen-bond acceptors (Lipinski definition) is 4. The highest BCUT2D eigenvalue weighted by Gasteiger charge is 2.48. The lowest BCUT2D eigenvalue weighted by Crippen LogP contribution is -2.54. The van der Waals surface area contributed by atoms with Gasteiger partial charge in [0.1, 0.15) is 5.75 Å². The SMILES string of the molecule is CN(C)NC(=O)C(Cc1ccc(O)cc1)(C(=O)O)c1ccccc1. The van der Waals surface area contributed by atoms with E-state index in [9.17, 15) is 19.8 Å². The Balaban J connectivity index is 2.55. The van der Waals surface area contributed by atoms with E-state index in [1.165, 1.54) is 17.1 Å². The maximum absolute atomic E-state index is 12.8. The maximum atomic E-state index is 12.8. The molecule has 1 amide bonds. The van der Waals surface area contributed by atoms with Crippen LogP contribution in [-0.2, 0) is 21.4 Å². The highest BCUT2D eigenvalue weighted by Crippen LogP contribution is 2.30. The van der Waals surface area contributed by atoms with Gasteiger partial charge in [0.25, 0.3) is 5.91 Å². The first kappa shape index (κ1) is 17.5. The Labute approximate surface area is 140 Å². The Kier molecular flexibility index (Phi) is 5.21. The summed E-state index contributed by atoms with van der Waals surface area (Å²) in [6.45, 7) is 0. The van der Waals surface area contributed by atoms with Gasteiger partial charge in [0, 0.05) is 20.5 Å². The molecule has 0 aliphatic heterocycles. The Morgan fingerprint density at radius 2 is 1.62 bits per heavy atom. The van der Waals surface area contributed by atoms with E-state index >= 15 is 0 Å². The van der Waals surface area contributed by atoms with Crippen molar-refractivity contribution < 1.29 is 19.8 Å². The van der Waals surface area contributed by atoms with Crippen LogP contribution in [0, 0.1) is 0 Å². The number of rotatable bonds is 6. The van der Waals surface area contributed by atoms with E-state index in [0.29, 0.717) is 11.1 Å². The highest BCUT2D eigenvalue weighted by atomic mass is 16.4. The van der Waals surface area contributed by atoms with Crippen molar-refractivity contribution in [1.82, 2.24) is 10.4 Å². The molecular formula is C18H20N2O4. The topological polar surface area (TPSA) is 89.9 Å². The van der Waals surface area contributed by atoms with Crippen molar-refractivity contribution in [3.8, 4) is 5.75 Å². The summed E-state index contributed by atoms with van der Waals surface area (Å²) >= 11 is 0. The fraction of sp³-hybridized carbons (Fsp3) is 0.222. The number of hydrazine groups is 1. The third-order valence-electron chi connectivity index (χ3n) is 3.75. The minimum absolute atomic E-state index is 0.0354. The van der Waals surface area contributed by atoms with Gasteiger partial charge in [0.05, 0.1) is 0 Å². The second-order valence-electron chi connectivity index (χ2n) is 5.76. The van der Waals surface area contributed by atoms with Crippen LogP contribution in [0.25, 0.3) is 0 Å². The molecule has 3 N–H and O–H groups in total. The molecule has 0 aromatic heterocycles. The van der Waals surface area contributed by atoms with E-state index in [1.54, 1.807) is 56.6 Å². The number of carbonyl (C=O) groups excluding carboxylic acids is 1. The van der Waals surface area contributed by atoms with Gasteiger partial charge in [0.2, 0.25) is 0 Å². The molecule has 2 rings (SSSR count). The van der Waals surface area contributed by atoms with Crippen LogP contribution in [0.2, 0.25) is 0 Å². The van der Waals surface area contributed by atoms with Crippen molar-refractivity contribution in [2.24, 2.45) is 0 Å². The molecule has 126 valence electrons. The van der Waals surface area contributed by atoms with E-state index in [-0.39, 0.29) is 12.2 Å². The van der Waals surface area contributed by atoms with E-state index < -0.39 is 17.3 Å². The first-order valence-electron chi connectivity index (χ1n) is 7.41. The molecule has 6 nitrogen and oxygen atoms in total. The summed E-state index contributed by atoms with van der Waals surface area (Å²) in [5, 5.41) is 20.8. The molecule has 6 heteroatoms. The van der Waals surface area contributed by atoms with Gasteiger partial charge in [-0.3, -0.25) is 15.0 Å². The number of nitrogens with zero attached hydrogens (tertiary/aromatic N) is 1. The van der Waals surface area contributed by atoms with Crippen LogP contribution >= 0.6 is 0 Å². The molecule has 0 bridgehead atoms. The van der Waals surface area contributed by atoms with Crippen molar-refractivity contribution in [2.45, 2.75) is 11.8 Å². The summed E-state index contributed by atoms with van der Waals surface area (Å²) < 4.78 is 0. The minimum atomic E-state index is -1.78. The number of carbonyl (C=O) groups is 2. The molecule has 0 aliphatic carbocycles. The molecular weight excluding hydrogens is 308 g/mol. The van der Waals surface area contributed by atoms with Crippen LogP contribution in [0.15, 0.2) is 54.6 Å². The fourth-order valence-electron chi connectivity index (χ4n) is 2.55. The molecule has 0 radical (unpaired) electrons. The number of benzene rings is 2. The van der Waals surface area contributed by atoms with Gasteiger partial charge in [0.15, 0.2) is 5.41 Å². The predicted octanol–water partition coefficient (Wildman–Crippen LogP) is 1.55. The second-order valence-corrected chi connectivity index (χ2v) is 5.76. The highest BCUT2D eigenvalue weighted by molar-refractivity contribution is 6.08. The Morgan fingerprint density at radius 3 is 2.12 bits per heavy atom. The van der Waals surface area contributed by atoms with Gasteiger partial charge >= 0.3 is 5.97 Å². The molecule has 24 heavy (non-hydrogen) atoms. The second kappa shape index (κ2) is 7.14. The summed E-state index contributed by atoms with van der Waals surface area (Å²) in [4.78, 5) is 25.0. The molecule has 2 aromatic carbocycles. The molecule has 1 atom stereocenters. The zero-order valence-electron chi connectivity index (χ0n) is 13.6. The van der Waals surface area contributed by atoms with Gasteiger partial charge in [-0.25, -0.2) is 5.01 Å². The van der Waals surface area contributed by atoms with Crippen LogP contribution in [0.1, 0.15) is 11.1 Å². The lowest BCUT2D eigenvalue weighted by molar-refractivity contribution is -0.151. The third-order valence-corrected chi connectivity index (χ3v) is 3.75. The summed E-state index contributed by atoms with van der Waals surface area (Å²) in [7, 11) is 3.24. The van der Waals surface area contributed by atoms with Gasteiger partial charge in [-0.15, -0.1) is 0 Å². The monoisotopic (exact) mass is 328 g/mol. The largest absolute Gasteiger partial charge is 0.508 e. The summed E-state index contributed by atoms with van der Waals surface area (Å²) in [5.74, 6) is -1.78. The van der Waals surface area contributed by atoms with Gasteiger partial charge in [-0.05, 0) is 23.3 Å². The zero-order chi connectivity index (χ0) is 17.7. The predicted molar refractivity (Wildman–Crippen MR) is 89.4 cm³/mol. The Bertz CT molecular complexity index is 714. The van der Waals surface area contributed by atoms with Crippen LogP contribution < -0.4 is 5.43 Å².